The number of nitrogens with zero attached hydrogens (tertiary/aromatic N) is 1. The SMILES string of the molecule is CCCN(C[C@H](O)[C@@H](O)[C@H](O)[C@H](O)CO)OC. The molecule has 0 aromatic carbocycles. The van der Waals surface area contributed by atoms with Crippen LogP contribution in [0.3, 0.4) is 0 Å². The van der Waals surface area contributed by atoms with Crippen molar-refractivity contribution in [3.8, 4) is 0 Å². The first-order valence-electron chi connectivity index (χ1n) is 5.60. The lowest BCUT2D eigenvalue weighted by Crippen LogP contribution is -2.49. The molecule has 0 rings (SSSR count). The van der Waals surface area contributed by atoms with Gasteiger partial charge in [0, 0.05) is 6.54 Å². The topological polar surface area (TPSA) is 114 Å². The summed E-state index contributed by atoms with van der Waals surface area (Å²) in [7, 11) is 1.44. The standard InChI is InChI=1S/C10H23NO6/c1-3-4-11(17-2)5-7(13)9(15)10(16)8(14)6-12/h7-10,12-16H,3-6H2,1-2H3/t7-,8+,9+,10+/m0/s1. The summed E-state index contributed by atoms with van der Waals surface area (Å²) < 4.78 is 0. The molecule has 0 bridgehead atoms. The van der Waals surface area contributed by atoms with E-state index in [1.54, 1.807) is 0 Å². The van der Waals surface area contributed by atoms with E-state index in [9.17, 15) is 15.3 Å². The van der Waals surface area contributed by atoms with E-state index < -0.39 is 31.0 Å². The maximum absolute atomic E-state index is 9.64. The first-order valence-corrected chi connectivity index (χ1v) is 5.60. The minimum absolute atomic E-state index is 0.000710. The van der Waals surface area contributed by atoms with E-state index in [-0.39, 0.29) is 6.54 Å². The average molecular weight is 253 g/mol. The van der Waals surface area contributed by atoms with Gasteiger partial charge in [0.05, 0.1) is 26.4 Å². The van der Waals surface area contributed by atoms with E-state index in [0.717, 1.165) is 6.42 Å². The van der Waals surface area contributed by atoms with E-state index in [0.29, 0.717) is 6.54 Å². The van der Waals surface area contributed by atoms with Gasteiger partial charge in [-0.3, -0.25) is 0 Å². The molecule has 17 heavy (non-hydrogen) atoms. The summed E-state index contributed by atoms with van der Waals surface area (Å²) in [6.07, 6.45) is -5.11. The molecule has 0 heterocycles. The molecule has 0 aliphatic carbocycles. The van der Waals surface area contributed by atoms with Crippen molar-refractivity contribution in [3.05, 3.63) is 0 Å². The molecule has 0 radical (unpaired) electrons. The summed E-state index contributed by atoms with van der Waals surface area (Å²) in [5.41, 5.74) is 0. The van der Waals surface area contributed by atoms with Crippen LogP contribution in [0.15, 0.2) is 0 Å². The van der Waals surface area contributed by atoms with Gasteiger partial charge in [0.15, 0.2) is 0 Å². The van der Waals surface area contributed by atoms with Gasteiger partial charge in [-0.2, -0.15) is 5.06 Å². The third-order valence-corrected chi connectivity index (χ3v) is 2.45. The molecule has 5 N–H and O–H groups in total. The van der Waals surface area contributed by atoms with Gasteiger partial charge >= 0.3 is 0 Å². The molecule has 7 nitrogen and oxygen atoms in total. The molecule has 0 saturated heterocycles. The van der Waals surface area contributed by atoms with Crippen LogP contribution in [0.5, 0.6) is 0 Å². The first-order chi connectivity index (χ1) is 7.97. The van der Waals surface area contributed by atoms with E-state index in [4.69, 9.17) is 15.1 Å². The molecule has 104 valence electrons. The normalized spacial score (nSPS) is 19.1. The summed E-state index contributed by atoms with van der Waals surface area (Å²) in [6, 6.07) is 0. The molecule has 0 saturated carbocycles. The summed E-state index contributed by atoms with van der Waals surface area (Å²) in [5.74, 6) is 0. The molecular formula is C10H23NO6. The van der Waals surface area contributed by atoms with Crippen molar-refractivity contribution < 1.29 is 30.4 Å². The maximum atomic E-state index is 9.64. The Labute approximate surface area is 101 Å². The van der Waals surface area contributed by atoms with Crippen LogP contribution in [-0.2, 0) is 4.84 Å². The van der Waals surface area contributed by atoms with Crippen LogP contribution in [0, 0.1) is 0 Å². The summed E-state index contributed by atoms with van der Waals surface area (Å²) in [4.78, 5) is 4.95. The van der Waals surface area contributed by atoms with E-state index in [1.165, 1.54) is 12.2 Å². The Balaban J connectivity index is 4.23. The van der Waals surface area contributed by atoms with Gasteiger partial charge in [-0.05, 0) is 6.42 Å². The second-order valence-electron chi connectivity index (χ2n) is 3.87. The molecule has 0 spiro atoms. The Kier molecular flexibility index (Phi) is 8.61. The highest BCUT2D eigenvalue weighted by atomic mass is 16.7. The predicted molar refractivity (Wildman–Crippen MR) is 60.0 cm³/mol. The van der Waals surface area contributed by atoms with Crippen molar-refractivity contribution in [1.82, 2.24) is 5.06 Å². The molecule has 0 aliphatic heterocycles. The molecule has 0 aromatic heterocycles. The van der Waals surface area contributed by atoms with Crippen LogP contribution in [0.4, 0.5) is 0 Å². The predicted octanol–water partition coefficient (Wildman–Crippen LogP) is -2.30. The fraction of sp³-hybridized carbons (Fsp3) is 1.00. The minimum Gasteiger partial charge on any atom is -0.394 e. The minimum atomic E-state index is -1.60. The molecule has 0 aromatic rings. The molecule has 0 aliphatic rings. The van der Waals surface area contributed by atoms with Crippen LogP contribution < -0.4 is 0 Å². The first kappa shape index (κ1) is 16.7. The quantitative estimate of drug-likeness (QED) is 0.293. The number of aliphatic hydroxyl groups excluding tert-OH is 5. The molecule has 0 fully saturated rings. The Morgan fingerprint density at radius 2 is 1.59 bits per heavy atom. The van der Waals surface area contributed by atoms with E-state index in [2.05, 4.69) is 0 Å². The van der Waals surface area contributed by atoms with Gasteiger partial charge in [-0.15, -0.1) is 0 Å². The lowest BCUT2D eigenvalue weighted by atomic mass is 10.0. The number of rotatable bonds is 9. The fourth-order valence-electron chi connectivity index (χ4n) is 1.39. The number of hydroxylamine groups is 2. The van der Waals surface area contributed by atoms with Crippen molar-refractivity contribution >= 4 is 0 Å². The Morgan fingerprint density at radius 3 is 2.00 bits per heavy atom. The van der Waals surface area contributed by atoms with Gasteiger partial charge in [0.1, 0.15) is 18.3 Å². The number of hydrogen-bond acceptors (Lipinski definition) is 7. The molecule has 4 atom stereocenters. The van der Waals surface area contributed by atoms with Gasteiger partial charge in [0.25, 0.3) is 0 Å². The zero-order valence-electron chi connectivity index (χ0n) is 10.2. The van der Waals surface area contributed by atoms with Gasteiger partial charge in [0.2, 0.25) is 0 Å². The monoisotopic (exact) mass is 253 g/mol. The highest BCUT2D eigenvalue weighted by Crippen LogP contribution is 2.07. The van der Waals surface area contributed by atoms with Gasteiger partial charge in [-0.1, -0.05) is 6.92 Å². The third-order valence-electron chi connectivity index (χ3n) is 2.45. The maximum Gasteiger partial charge on any atom is 0.111 e. The third kappa shape index (κ3) is 5.73. The molecule has 0 unspecified atom stereocenters. The van der Waals surface area contributed by atoms with Crippen molar-refractivity contribution in [2.75, 3.05) is 26.8 Å². The second-order valence-corrected chi connectivity index (χ2v) is 3.87. The zero-order valence-corrected chi connectivity index (χ0v) is 10.2. The van der Waals surface area contributed by atoms with Gasteiger partial charge in [-0.25, -0.2) is 0 Å². The highest BCUT2D eigenvalue weighted by molar-refractivity contribution is 4.81. The lowest BCUT2D eigenvalue weighted by Gasteiger charge is -2.29. The van der Waals surface area contributed by atoms with Gasteiger partial charge < -0.3 is 30.4 Å². The van der Waals surface area contributed by atoms with Crippen molar-refractivity contribution in [3.63, 3.8) is 0 Å². The highest BCUT2D eigenvalue weighted by Gasteiger charge is 2.30. The van der Waals surface area contributed by atoms with Crippen LogP contribution in [0.2, 0.25) is 0 Å². The largest absolute Gasteiger partial charge is 0.394 e. The Morgan fingerprint density at radius 1 is 1.06 bits per heavy atom. The molecule has 7 heteroatoms. The Hall–Kier alpha value is -0.280. The Bertz CT molecular complexity index is 194. The average Bonchev–Trinajstić information content (AvgIpc) is 2.35. The van der Waals surface area contributed by atoms with Crippen LogP contribution in [0.25, 0.3) is 0 Å². The summed E-state index contributed by atoms with van der Waals surface area (Å²) in [6.45, 7) is 1.81. The van der Waals surface area contributed by atoms with Crippen molar-refractivity contribution in [2.24, 2.45) is 0 Å². The number of aliphatic hydroxyl groups is 5. The van der Waals surface area contributed by atoms with Crippen LogP contribution in [0.1, 0.15) is 13.3 Å². The zero-order chi connectivity index (χ0) is 13.4. The van der Waals surface area contributed by atoms with Crippen LogP contribution >= 0.6 is 0 Å². The van der Waals surface area contributed by atoms with Crippen molar-refractivity contribution in [2.45, 2.75) is 37.8 Å². The second kappa shape index (κ2) is 8.76. The van der Waals surface area contributed by atoms with Crippen LogP contribution in [-0.4, -0.2) is 81.8 Å². The molecule has 0 amide bonds. The summed E-state index contributed by atoms with van der Waals surface area (Å²) >= 11 is 0. The van der Waals surface area contributed by atoms with E-state index >= 15 is 0 Å². The number of hydrogen-bond donors (Lipinski definition) is 5. The fourth-order valence-corrected chi connectivity index (χ4v) is 1.39. The van der Waals surface area contributed by atoms with Crippen molar-refractivity contribution in [1.29, 1.82) is 0 Å². The lowest BCUT2D eigenvalue weighted by molar-refractivity contribution is -0.175. The van der Waals surface area contributed by atoms with E-state index in [1.807, 2.05) is 6.92 Å². The molecular weight excluding hydrogens is 230 g/mol. The smallest absolute Gasteiger partial charge is 0.111 e. The summed E-state index contributed by atoms with van der Waals surface area (Å²) in [5, 5.41) is 47.7.